The molecule has 2 heterocycles. The van der Waals surface area contributed by atoms with E-state index in [9.17, 15) is 4.21 Å². The Labute approximate surface area is 267 Å². The zero-order chi connectivity index (χ0) is 31.4. The fourth-order valence-corrected chi connectivity index (χ4v) is 7.80. The summed E-state index contributed by atoms with van der Waals surface area (Å²) in [5.41, 5.74) is 1.34. The molecule has 0 bridgehead atoms. The summed E-state index contributed by atoms with van der Waals surface area (Å²) in [7, 11) is -1.42. The lowest BCUT2D eigenvalue weighted by Gasteiger charge is -2.37. The normalized spacial score (nSPS) is 19.8. The molecule has 2 fully saturated rings. The number of allylic oxidation sites excluding steroid dienone is 2. The van der Waals surface area contributed by atoms with Gasteiger partial charge in [-0.2, -0.15) is 0 Å². The Morgan fingerprint density at radius 1 is 1.27 bits per heavy atom. The van der Waals surface area contributed by atoms with E-state index in [-0.39, 0.29) is 22.4 Å². The van der Waals surface area contributed by atoms with Gasteiger partial charge in [0.1, 0.15) is 22.5 Å². The molecular formula is C34H44FN5O2S2. The van der Waals surface area contributed by atoms with Gasteiger partial charge in [-0.05, 0) is 70.4 Å². The van der Waals surface area contributed by atoms with Crippen molar-refractivity contribution in [3.8, 4) is 5.75 Å². The van der Waals surface area contributed by atoms with E-state index < -0.39 is 16.8 Å². The minimum absolute atomic E-state index is 0.00383. The van der Waals surface area contributed by atoms with Crippen molar-refractivity contribution in [2.45, 2.75) is 83.9 Å². The third-order valence-corrected chi connectivity index (χ3v) is 11.3. The van der Waals surface area contributed by atoms with Crippen molar-refractivity contribution < 1.29 is 13.3 Å². The molecule has 1 aliphatic heterocycles. The lowest BCUT2D eigenvalue weighted by molar-refractivity contribution is 0.356. The van der Waals surface area contributed by atoms with Crippen LogP contribution in [0.5, 0.6) is 5.75 Å². The largest absolute Gasteiger partial charge is 0.459 e. The molecule has 3 aromatic rings. The first kappa shape index (κ1) is 32.4. The molecule has 3 N–H and O–H groups in total. The number of rotatable bonds is 12. The summed E-state index contributed by atoms with van der Waals surface area (Å²) in [5.74, 6) is 1.25. The highest BCUT2D eigenvalue weighted by atomic mass is 32.2. The van der Waals surface area contributed by atoms with Gasteiger partial charge in [0.2, 0.25) is 5.95 Å². The Balaban J connectivity index is 1.60. The van der Waals surface area contributed by atoms with Crippen LogP contribution in [0, 0.1) is 18.7 Å². The van der Waals surface area contributed by atoms with Crippen LogP contribution in [0.1, 0.15) is 77.5 Å². The number of halogens is 1. The number of aromatic nitrogens is 2. The monoisotopic (exact) mass is 637 g/mol. The lowest BCUT2D eigenvalue weighted by Crippen LogP contribution is -2.41. The molecule has 0 spiro atoms. The average Bonchev–Trinajstić information content (AvgIpc) is 3.01. The first-order valence-corrected chi connectivity index (χ1v) is 17.5. The summed E-state index contributed by atoms with van der Waals surface area (Å²) in [4.78, 5) is 11.1. The van der Waals surface area contributed by atoms with Crippen LogP contribution in [0.2, 0.25) is 0 Å². The highest BCUT2D eigenvalue weighted by molar-refractivity contribution is 8.11. The number of nitrogens with zero attached hydrogens (tertiary/aromatic N) is 2. The summed E-state index contributed by atoms with van der Waals surface area (Å²) >= 11 is 1.50. The maximum absolute atomic E-state index is 16.3. The summed E-state index contributed by atoms with van der Waals surface area (Å²) < 4.78 is 39.1. The molecule has 1 saturated carbocycles. The van der Waals surface area contributed by atoms with Gasteiger partial charge in [-0.3, -0.25) is 0 Å². The van der Waals surface area contributed by atoms with Crippen molar-refractivity contribution in [3.63, 3.8) is 0 Å². The van der Waals surface area contributed by atoms with E-state index in [0.29, 0.717) is 28.4 Å². The Morgan fingerprint density at radius 3 is 2.66 bits per heavy atom. The second kappa shape index (κ2) is 14.0. The zero-order valence-corrected chi connectivity index (χ0v) is 28.0. The minimum atomic E-state index is -1.42. The smallest absolute Gasteiger partial charge is 0.223 e. The van der Waals surface area contributed by atoms with Gasteiger partial charge in [0.15, 0.2) is 5.82 Å². The Hall–Kier alpha value is -2.95. The number of hydrogen-bond acceptors (Lipinski definition) is 7. The van der Waals surface area contributed by atoms with E-state index in [1.165, 1.54) is 11.8 Å². The third kappa shape index (κ3) is 6.97. The van der Waals surface area contributed by atoms with E-state index in [2.05, 4.69) is 40.8 Å². The number of fused-ring (bicyclic) bond motifs is 1. The maximum atomic E-state index is 16.3. The molecule has 1 aromatic heterocycles. The topological polar surface area (TPSA) is 88.2 Å². The Bertz CT molecular complexity index is 1580. The highest BCUT2D eigenvalue weighted by Crippen LogP contribution is 2.45. The Kier molecular flexibility index (Phi) is 10.3. The molecule has 5 rings (SSSR count). The molecule has 0 radical (unpaired) electrons. The van der Waals surface area contributed by atoms with Crippen molar-refractivity contribution in [2.24, 2.45) is 5.92 Å². The van der Waals surface area contributed by atoms with Crippen LogP contribution in [0.15, 0.2) is 53.8 Å². The number of ether oxygens (including phenoxy) is 1. The molecule has 0 amide bonds. The second-order valence-corrected chi connectivity index (χ2v) is 15.3. The summed E-state index contributed by atoms with van der Waals surface area (Å²) in [5, 5.41) is 8.29. The SMILES string of the molecule is C=C(C)S/C(=C(/Oc1c(C)c(F)c(NS(=O)C2(C)CCC2)c2ccccc12)C(C)CC)c1ccnc(NC2CCCNC2)n1. The van der Waals surface area contributed by atoms with E-state index in [4.69, 9.17) is 9.72 Å². The van der Waals surface area contributed by atoms with Crippen molar-refractivity contribution in [1.29, 1.82) is 0 Å². The quantitative estimate of drug-likeness (QED) is 0.172. The summed E-state index contributed by atoms with van der Waals surface area (Å²) in [6.07, 6.45) is 7.48. The van der Waals surface area contributed by atoms with E-state index in [0.717, 1.165) is 72.5 Å². The number of piperidine rings is 1. The molecule has 7 nitrogen and oxygen atoms in total. The molecule has 1 aliphatic carbocycles. The van der Waals surface area contributed by atoms with Gasteiger partial charge in [-0.15, -0.1) is 0 Å². The standard InChI is InChI=1S/C34H44FN5O2S2/c1-7-22(4)30(32(43-21(2)3)27-15-19-37-33(39-27)38-24-12-10-18-36-20-24)42-31-23(5)28(35)29(25-13-8-9-14-26(25)31)40-44(41)34(6)16-11-17-34/h8-9,13-15,19,22,24,36,40H,2,7,10-12,16-18,20H2,1,3-6H3,(H,37,38,39)/b32-30+. The molecule has 1 saturated heterocycles. The molecule has 10 heteroatoms. The van der Waals surface area contributed by atoms with Crippen molar-refractivity contribution >= 4 is 50.1 Å². The molecule has 3 unspecified atom stereocenters. The van der Waals surface area contributed by atoms with E-state index in [1.807, 2.05) is 44.2 Å². The number of hydrogen-bond donors (Lipinski definition) is 3. The van der Waals surface area contributed by atoms with E-state index >= 15 is 4.39 Å². The van der Waals surface area contributed by atoms with Crippen LogP contribution >= 0.6 is 11.8 Å². The summed E-state index contributed by atoms with van der Waals surface area (Å²) in [6.45, 7) is 16.0. The molecule has 2 aromatic carbocycles. The fraction of sp³-hybridized carbons (Fsp3) is 0.471. The first-order valence-electron chi connectivity index (χ1n) is 15.6. The first-order chi connectivity index (χ1) is 21.1. The van der Waals surface area contributed by atoms with Crippen LogP contribution in [0.4, 0.5) is 16.0 Å². The van der Waals surface area contributed by atoms with Gasteiger partial charge >= 0.3 is 0 Å². The highest BCUT2D eigenvalue weighted by Gasteiger charge is 2.39. The summed E-state index contributed by atoms with van der Waals surface area (Å²) in [6, 6.07) is 9.71. The van der Waals surface area contributed by atoms with Gasteiger partial charge < -0.3 is 20.1 Å². The number of thioether (sulfide) groups is 1. The number of anilines is 2. The molecule has 3 atom stereocenters. The molecule has 236 valence electrons. The zero-order valence-electron chi connectivity index (χ0n) is 26.4. The average molecular weight is 638 g/mol. The van der Waals surface area contributed by atoms with Crippen LogP contribution in [0.3, 0.4) is 0 Å². The van der Waals surface area contributed by atoms with Gasteiger partial charge in [-0.1, -0.05) is 62.9 Å². The van der Waals surface area contributed by atoms with Crippen LogP contribution in [0.25, 0.3) is 15.7 Å². The van der Waals surface area contributed by atoms with Crippen LogP contribution < -0.4 is 20.1 Å². The van der Waals surface area contributed by atoms with Gasteiger partial charge in [0.05, 0.1) is 21.0 Å². The minimum Gasteiger partial charge on any atom is -0.459 e. The predicted molar refractivity (Wildman–Crippen MR) is 184 cm³/mol. The van der Waals surface area contributed by atoms with E-state index in [1.54, 1.807) is 13.1 Å². The molecule has 44 heavy (non-hydrogen) atoms. The third-order valence-electron chi connectivity index (χ3n) is 8.67. The van der Waals surface area contributed by atoms with Crippen LogP contribution in [-0.4, -0.2) is 38.1 Å². The number of benzene rings is 2. The Morgan fingerprint density at radius 2 is 2.02 bits per heavy atom. The fourth-order valence-electron chi connectivity index (χ4n) is 5.60. The molecule has 2 aliphatic rings. The number of nitrogens with one attached hydrogen (secondary N) is 3. The predicted octanol–water partition coefficient (Wildman–Crippen LogP) is 8.32. The van der Waals surface area contributed by atoms with Crippen molar-refractivity contribution in [3.05, 3.63) is 70.8 Å². The lowest BCUT2D eigenvalue weighted by atomic mass is 9.86. The van der Waals surface area contributed by atoms with Gasteiger partial charge in [-0.25, -0.2) is 18.6 Å². The van der Waals surface area contributed by atoms with Crippen LogP contribution in [-0.2, 0) is 11.0 Å². The van der Waals surface area contributed by atoms with Gasteiger partial charge in [0.25, 0.3) is 0 Å². The second-order valence-electron chi connectivity index (χ2n) is 12.2. The van der Waals surface area contributed by atoms with Crippen molar-refractivity contribution in [1.82, 2.24) is 15.3 Å². The maximum Gasteiger partial charge on any atom is 0.223 e. The molecular weight excluding hydrogens is 594 g/mol. The van der Waals surface area contributed by atoms with Gasteiger partial charge in [0, 0.05) is 41.0 Å². The van der Waals surface area contributed by atoms with Crippen molar-refractivity contribution in [2.75, 3.05) is 23.1 Å².